The van der Waals surface area contributed by atoms with Gasteiger partial charge in [-0.05, 0) is 22.0 Å². The summed E-state index contributed by atoms with van der Waals surface area (Å²) in [5, 5.41) is 7.87. The maximum atomic E-state index is 5.86. The van der Waals surface area contributed by atoms with Gasteiger partial charge in [0, 0.05) is 26.2 Å². The molecule has 0 atom stereocenters. The predicted octanol–water partition coefficient (Wildman–Crippen LogP) is 2.28. The van der Waals surface area contributed by atoms with E-state index in [1.165, 1.54) is 6.33 Å². The highest BCUT2D eigenvalue weighted by Crippen LogP contribution is 2.25. The Morgan fingerprint density at radius 2 is 2.29 bits per heavy atom. The molecule has 0 aliphatic carbocycles. The van der Waals surface area contributed by atoms with Crippen LogP contribution in [0.5, 0.6) is 0 Å². The van der Waals surface area contributed by atoms with Gasteiger partial charge in [0.15, 0.2) is 0 Å². The molecule has 0 fully saturated rings. The van der Waals surface area contributed by atoms with E-state index in [4.69, 9.17) is 11.6 Å². The Bertz CT molecular complexity index is 513. The van der Waals surface area contributed by atoms with Crippen molar-refractivity contribution in [1.82, 2.24) is 19.7 Å². The minimum absolute atomic E-state index is 0.403. The summed E-state index contributed by atoms with van der Waals surface area (Å²) < 4.78 is 2.47. The molecule has 90 valence electrons. The highest BCUT2D eigenvalue weighted by molar-refractivity contribution is 9.10. The Balaban J connectivity index is 1.92. The molecule has 1 N–H and O–H groups in total. The Kier molecular flexibility index (Phi) is 3.96. The number of halogens is 2. The molecule has 7 heteroatoms. The summed E-state index contributed by atoms with van der Waals surface area (Å²) in [6, 6.07) is 1.99. The monoisotopic (exact) mass is 315 g/mol. The standard InChI is InChI=1S/C10H11BrClN5/c1-17-5-3-7(16-17)2-4-13-10-8(11)9(12)14-6-15-10/h3,5-6H,2,4H2,1H3,(H,13,14,15). The minimum Gasteiger partial charge on any atom is -0.369 e. The fraction of sp³-hybridized carbons (Fsp3) is 0.300. The highest BCUT2D eigenvalue weighted by Gasteiger charge is 2.06. The van der Waals surface area contributed by atoms with Gasteiger partial charge in [-0.15, -0.1) is 0 Å². The minimum atomic E-state index is 0.403. The van der Waals surface area contributed by atoms with E-state index in [1.807, 2.05) is 19.3 Å². The van der Waals surface area contributed by atoms with Crippen molar-refractivity contribution in [2.45, 2.75) is 6.42 Å². The summed E-state index contributed by atoms with van der Waals surface area (Å²) >= 11 is 9.19. The molecule has 5 nitrogen and oxygen atoms in total. The lowest BCUT2D eigenvalue weighted by Gasteiger charge is -2.06. The molecular formula is C10H11BrClN5. The first-order chi connectivity index (χ1) is 8.16. The molecule has 2 aromatic rings. The van der Waals surface area contributed by atoms with E-state index < -0.39 is 0 Å². The van der Waals surface area contributed by atoms with Crippen LogP contribution < -0.4 is 5.32 Å². The molecule has 2 rings (SSSR count). The zero-order chi connectivity index (χ0) is 12.3. The molecule has 0 spiro atoms. The summed E-state index contributed by atoms with van der Waals surface area (Å²) in [6.45, 7) is 0.739. The van der Waals surface area contributed by atoms with E-state index in [0.29, 0.717) is 15.4 Å². The zero-order valence-corrected chi connectivity index (χ0v) is 11.5. The summed E-state index contributed by atoms with van der Waals surface area (Å²) in [5.41, 5.74) is 1.04. The molecule has 0 unspecified atom stereocenters. The molecule has 0 bridgehead atoms. The SMILES string of the molecule is Cn1ccc(CCNc2ncnc(Cl)c2Br)n1. The zero-order valence-electron chi connectivity index (χ0n) is 9.19. The van der Waals surface area contributed by atoms with Gasteiger partial charge in [-0.3, -0.25) is 4.68 Å². The Morgan fingerprint density at radius 3 is 3.00 bits per heavy atom. The van der Waals surface area contributed by atoms with Crippen molar-refractivity contribution in [3.05, 3.63) is 33.9 Å². The lowest BCUT2D eigenvalue weighted by Crippen LogP contribution is -2.08. The number of hydrogen-bond donors (Lipinski definition) is 1. The first-order valence-electron chi connectivity index (χ1n) is 5.05. The third kappa shape index (κ3) is 3.17. The first-order valence-corrected chi connectivity index (χ1v) is 6.22. The largest absolute Gasteiger partial charge is 0.369 e. The van der Waals surface area contributed by atoms with Gasteiger partial charge in [-0.25, -0.2) is 9.97 Å². The number of hydrogen-bond acceptors (Lipinski definition) is 4. The van der Waals surface area contributed by atoms with Crippen LogP contribution in [0.3, 0.4) is 0 Å². The quantitative estimate of drug-likeness (QED) is 0.879. The molecule has 2 heterocycles. The normalized spacial score (nSPS) is 10.5. The van der Waals surface area contributed by atoms with Crippen LogP contribution >= 0.6 is 27.5 Å². The summed E-state index contributed by atoms with van der Waals surface area (Å²) in [6.07, 6.45) is 4.18. The fourth-order valence-electron chi connectivity index (χ4n) is 1.38. The first kappa shape index (κ1) is 12.3. The number of aromatic nitrogens is 4. The van der Waals surface area contributed by atoms with Crippen molar-refractivity contribution < 1.29 is 0 Å². The Labute approximate surface area is 112 Å². The molecular weight excluding hydrogens is 306 g/mol. The topological polar surface area (TPSA) is 55.6 Å². The van der Waals surface area contributed by atoms with Crippen molar-refractivity contribution in [2.75, 3.05) is 11.9 Å². The van der Waals surface area contributed by atoms with E-state index in [-0.39, 0.29) is 0 Å². The Morgan fingerprint density at radius 1 is 1.47 bits per heavy atom. The highest BCUT2D eigenvalue weighted by atomic mass is 79.9. The second kappa shape index (κ2) is 5.46. The van der Waals surface area contributed by atoms with Crippen molar-refractivity contribution in [3.63, 3.8) is 0 Å². The van der Waals surface area contributed by atoms with E-state index >= 15 is 0 Å². The van der Waals surface area contributed by atoms with Gasteiger partial charge in [-0.1, -0.05) is 11.6 Å². The summed E-state index contributed by atoms with van der Waals surface area (Å²) in [4.78, 5) is 7.96. The van der Waals surface area contributed by atoms with Crippen LogP contribution in [-0.4, -0.2) is 26.3 Å². The third-order valence-corrected chi connectivity index (χ3v) is 3.46. The number of nitrogens with one attached hydrogen (secondary N) is 1. The van der Waals surface area contributed by atoms with Crippen molar-refractivity contribution >= 4 is 33.3 Å². The average molecular weight is 317 g/mol. The molecule has 0 saturated carbocycles. The van der Waals surface area contributed by atoms with Crippen molar-refractivity contribution in [1.29, 1.82) is 0 Å². The van der Waals surface area contributed by atoms with Crippen molar-refractivity contribution in [2.24, 2.45) is 7.05 Å². The third-order valence-electron chi connectivity index (χ3n) is 2.19. The van der Waals surface area contributed by atoms with Crippen LogP contribution in [0.25, 0.3) is 0 Å². The van der Waals surface area contributed by atoms with Gasteiger partial charge in [0.2, 0.25) is 0 Å². The van der Waals surface area contributed by atoms with E-state index in [2.05, 4.69) is 36.3 Å². The van der Waals surface area contributed by atoms with Gasteiger partial charge < -0.3 is 5.32 Å². The van der Waals surface area contributed by atoms with Crippen molar-refractivity contribution in [3.8, 4) is 0 Å². The number of nitrogens with zero attached hydrogens (tertiary/aromatic N) is 4. The number of rotatable bonds is 4. The van der Waals surface area contributed by atoms with Crippen LogP contribution in [0, 0.1) is 0 Å². The fourth-order valence-corrected chi connectivity index (χ4v) is 1.86. The smallest absolute Gasteiger partial charge is 0.148 e. The lowest BCUT2D eigenvalue weighted by atomic mass is 10.3. The van der Waals surface area contributed by atoms with Gasteiger partial charge in [-0.2, -0.15) is 5.10 Å². The predicted molar refractivity (Wildman–Crippen MR) is 70.1 cm³/mol. The molecule has 0 aliphatic heterocycles. The molecule has 17 heavy (non-hydrogen) atoms. The number of anilines is 1. The molecule has 0 aliphatic rings. The van der Waals surface area contributed by atoms with Crippen LogP contribution in [0.4, 0.5) is 5.82 Å². The van der Waals surface area contributed by atoms with Gasteiger partial charge in [0.05, 0.1) is 10.2 Å². The van der Waals surface area contributed by atoms with Gasteiger partial charge in [0.1, 0.15) is 17.3 Å². The lowest BCUT2D eigenvalue weighted by molar-refractivity contribution is 0.742. The second-order valence-electron chi connectivity index (χ2n) is 3.48. The summed E-state index contributed by atoms with van der Waals surface area (Å²) in [5.74, 6) is 0.695. The Hall–Kier alpha value is -1.14. The van der Waals surface area contributed by atoms with Crippen LogP contribution in [0.15, 0.2) is 23.1 Å². The maximum absolute atomic E-state index is 5.86. The average Bonchev–Trinajstić information content (AvgIpc) is 2.70. The van der Waals surface area contributed by atoms with E-state index in [0.717, 1.165) is 18.7 Å². The molecule has 2 aromatic heterocycles. The van der Waals surface area contributed by atoms with Crippen LogP contribution in [-0.2, 0) is 13.5 Å². The molecule has 0 aromatic carbocycles. The van der Waals surface area contributed by atoms with Crippen LogP contribution in [0.1, 0.15) is 5.69 Å². The summed E-state index contributed by atoms with van der Waals surface area (Å²) in [7, 11) is 1.90. The molecule has 0 amide bonds. The van der Waals surface area contributed by atoms with Gasteiger partial charge in [0.25, 0.3) is 0 Å². The maximum Gasteiger partial charge on any atom is 0.148 e. The van der Waals surface area contributed by atoms with Crippen LogP contribution in [0.2, 0.25) is 5.15 Å². The second-order valence-corrected chi connectivity index (χ2v) is 4.64. The number of aryl methyl sites for hydroxylation is 1. The molecule has 0 saturated heterocycles. The van der Waals surface area contributed by atoms with E-state index in [1.54, 1.807) is 4.68 Å². The molecule has 0 radical (unpaired) electrons. The van der Waals surface area contributed by atoms with Gasteiger partial charge >= 0.3 is 0 Å². The van der Waals surface area contributed by atoms with E-state index in [9.17, 15) is 0 Å².